The van der Waals surface area contributed by atoms with E-state index in [1.54, 1.807) is 30.3 Å². The zero-order valence-corrected chi connectivity index (χ0v) is 7.61. The van der Waals surface area contributed by atoms with Gasteiger partial charge in [-0.25, -0.2) is 11.0 Å². The van der Waals surface area contributed by atoms with Gasteiger partial charge in [-0.2, -0.15) is 4.94 Å². The Balaban J connectivity index is 2.40. The lowest BCUT2D eigenvalue weighted by atomic mass is 10.2. The molecule has 1 rings (SSSR count). The standard InChI is InChI=1S/C9H10N2O3/c1-7(12)10-14-11-9(13)8-5-3-2-4-6-8/h2-6H,1H3,(H,10,12)(H,11,13). The Hall–Kier alpha value is -1.88. The Bertz CT molecular complexity index is 324. The molecule has 1 aromatic rings. The summed E-state index contributed by atoms with van der Waals surface area (Å²) < 4.78 is 0. The quantitative estimate of drug-likeness (QED) is 0.684. The van der Waals surface area contributed by atoms with Crippen LogP contribution in [0.1, 0.15) is 17.3 Å². The van der Waals surface area contributed by atoms with E-state index in [-0.39, 0.29) is 0 Å². The second kappa shape index (κ2) is 4.98. The molecule has 0 aliphatic carbocycles. The van der Waals surface area contributed by atoms with E-state index in [1.165, 1.54) is 6.92 Å². The first-order valence-corrected chi connectivity index (χ1v) is 3.98. The van der Waals surface area contributed by atoms with Gasteiger partial charge in [0.2, 0.25) is 5.91 Å². The summed E-state index contributed by atoms with van der Waals surface area (Å²) in [5, 5.41) is 0. The van der Waals surface area contributed by atoms with Gasteiger partial charge in [0, 0.05) is 12.5 Å². The molecule has 0 aliphatic rings. The van der Waals surface area contributed by atoms with Crippen molar-refractivity contribution in [3.8, 4) is 0 Å². The van der Waals surface area contributed by atoms with Crippen LogP contribution in [0, 0.1) is 0 Å². The van der Waals surface area contributed by atoms with Crippen LogP contribution in [0.15, 0.2) is 30.3 Å². The minimum absolute atomic E-state index is 0.390. The fraction of sp³-hybridized carbons (Fsp3) is 0.111. The van der Waals surface area contributed by atoms with Crippen LogP contribution in [0.4, 0.5) is 0 Å². The first-order chi connectivity index (χ1) is 6.70. The number of hydrogen-bond donors (Lipinski definition) is 2. The van der Waals surface area contributed by atoms with E-state index in [1.807, 2.05) is 5.48 Å². The molecule has 0 aliphatic heterocycles. The van der Waals surface area contributed by atoms with Crippen LogP contribution >= 0.6 is 0 Å². The highest BCUT2D eigenvalue weighted by molar-refractivity contribution is 5.93. The van der Waals surface area contributed by atoms with E-state index in [4.69, 9.17) is 0 Å². The molecule has 2 amide bonds. The summed E-state index contributed by atoms with van der Waals surface area (Å²) in [5.41, 5.74) is 4.49. The molecule has 1 aromatic carbocycles. The van der Waals surface area contributed by atoms with Gasteiger partial charge in [0.1, 0.15) is 0 Å². The van der Waals surface area contributed by atoms with E-state index in [0.29, 0.717) is 5.56 Å². The normalized spacial score (nSPS) is 9.21. The summed E-state index contributed by atoms with van der Waals surface area (Å²) in [6.45, 7) is 1.27. The summed E-state index contributed by atoms with van der Waals surface area (Å²) in [5.74, 6) is -0.808. The molecule has 2 N–H and O–H groups in total. The maximum atomic E-state index is 11.2. The Labute approximate surface area is 81.0 Å². The first-order valence-electron chi connectivity index (χ1n) is 3.98. The van der Waals surface area contributed by atoms with Crippen LogP contribution in [-0.2, 0) is 9.73 Å². The predicted molar refractivity (Wildman–Crippen MR) is 48.8 cm³/mol. The van der Waals surface area contributed by atoms with E-state index in [0.717, 1.165) is 0 Å². The molecule has 14 heavy (non-hydrogen) atoms. The smallest absolute Gasteiger partial charge is 0.273 e. The SMILES string of the molecule is CC(=O)NONC(=O)c1ccccc1. The van der Waals surface area contributed by atoms with Gasteiger partial charge < -0.3 is 0 Å². The molecule has 0 radical (unpaired) electrons. The Morgan fingerprint density at radius 3 is 2.36 bits per heavy atom. The molecule has 5 heteroatoms. The van der Waals surface area contributed by atoms with Crippen LogP contribution < -0.4 is 11.0 Å². The Morgan fingerprint density at radius 1 is 1.14 bits per heavy atom. The number of hydroxylamine groups is 2. The van der Waals surface area contributed by atoms with Crippen molar-refractivity contribution in [3.05, 3.63) is 35.9 Å². The number of rotatable bonds is 3. The maximum Gasteiger partial charge on any atom is 0.276 e. The molecule has 0 atom stereocenters. The second-order valence-electron chi connectivity index (χ2n) is 2.56. The molecule has 0 saturated carbocycles. The van der Waals surface area contributed by atoms with Gasteiger partial charge in [0.25, 0.3) is 5.91 Å². The highest BCUT2D eigenvalue weighted by atomic mass is 16.8. The minimum atomic E-state index is -0.417. The predicted octanol–water partition coefficient (Wildman–Crippen LogP) is 0.399. The largest absolute Gasteiger partial charge is 0.276 e. The number of hydrogen-bond acceptors (Lipinski definition) is 3. The molecule has 0 aromatic heterocycles. The molecule has 0 spiro atoms. The van der Waals surface area contributed by atoms with Crippen LogP contribution in [0.2, 0.25) is 0 Å². The van der Waals surface area contributed by atoms with E-state index in [2.05, 4.69) is 10.4 Å². The van der Waals surface area contributed by atoms with Crippen molar-refractivity contribution in [3.63, 3.8) is 0 Å². The summed E-state index contributed by atoms with van der Waals surface area (Å²) in [7, 11) is 0. The van der Waals surface area contributed by atoms with Crippen LogP contribution in [0.25, 0.3) is 0 Å². The van der Waals surface area contributed by atoms with E-state index >= 15 is 0 Å². The van der Waals surface area contributed by atoms with Gasteiger partial charge in [-0.3, -0.25) is 9.59 Å². The van der Waals surface area contributed by atoms with Gasteiger partial charge in [-0.15, -0.1) is 0 Å². The number of carbonyl (C=O) groups excluding carboxylic acids is 2. The van der Waals surface area contributed by atoms with Gasteiger partial charge in [-0.05, 0) is 12.1 Å². The number of benzene rings is 1. The minimum Gasteiger partial charge on any atom is -0.273 e. The molecule has 0 fully saturated rings. The highest BCUT2D eigenvalue weighted by Crippen LogP contribution is 1.96. The van der Waals surface area contributed by atoms with Gasteiger partial charge in [-0.1, -0.05) is 18.2 Å². The van der Waals surface area contributed by atoms with Crippen molar-refractivity contribution in [2.75, 3.05) is 0 Å². The van der Waals surface area contributed by atoms with Crippen molar-refractivity contribution in [1.29, 1.82) is 0 Å². The first kappa shape index (κ1) is 10.2. The lowest BCUT2D eigenvalue weighted by Gasteiger charge is -2.03. The van der Waals surface area contributed by atoms with E-state index < -0.39 is 11.8 Å². The zero-order chi connectivity index (χ0) is 10.4. The molecule has 0 unspecified atom stereocenters. The third-order valence-corrected chi connectivity index (χ3v) is 1.37. The van der Waals surface area contributed by atoms with Crippen LogP contribution in [0.3, 0.4) is 0 Å². The van der Waals surface area contributed by atoms with Crippen molar-refractivity contribution < 1.29 is 14.5 Å². The molecule has 0 saturated heterocycles. The lowest BCUT2D eigenvalue weighted by molar-refractivity contribution is -0.135. The zero-order valence-electron chi connectivity index (χ0n) is 7.61. The monoisotopic (exact) mass is 194 g/mol. The topological polar surface area (TPSA) is 67.4 Å². The third-order valence-electron chi connectivity index (χ3n) is 1.37. The number of nitrogens with one attached hydrogen (secondary N) is 2. The average Bonchev–Trinajstić information content (AvgIpc) is 2.18. The summed E-state index contributed by atoms with van der Waals surface area (Å²) >= 11 is 0. The van der Waals surface area contributed by atoms with Crippen LogP contribution in [0.5, 0.6) is 0 Å². The molecule has 0 heterocycles. The number of amides is 2. The third kappa shape index (κ3) is 3.24. The fourth-order valence-electron chi connectivity index (χ4n) is 0.792. The fourth-order valence-corrected chi connectivity index (χ4v) is 0.792. The summed E-state index contributed by atoms with van der Waals surface area (Å²) in [4.78, 5) is 26.0. The van der Waals surface area contributed by atoms with Crippen molar-refractivity contribution in [1.82, 2.24) is 11.0 Å². The van der Waals surface area contributed by atoms with Gasteiger partial charge >= 0.3 is 0 Å². The Morgan fingerprint density at radius 2 is 1.79 bits per heavy atom. The molecular formula is C9H10N2O3. The Kier molecular flexibility index (Phi) is 3.63. The maximum absolute atomic E-state index is 11.2. The van der Waals surface area contributed by atoms with E-state index in [9.17, 15) is 9.59 Å². The average molecular weight is 194 g/mol. The molecule has 74 valence electrons. The molecule has 5 nitrogen and oxygen atoms in total. The molecular weight excluding hydrogens is 184 g/mol. The van der Waals surface area contributed by atoms with Crippen molar-refractivity contribution in [2.45, 2.75) is 6.92 Å². The van der Waals surface area contributed by atoms with Crippen molar-refractivity contribution >= 4 is 11.8 Å². The van der Waals surface area contributed by atoms with Gasteiger partial charge in [0.15, 0.2) is 0 Å². The number of carbonyl (C=O) groups is 2. The van der Waals surface area contributed by atoms with Gasteiger partial charge in [0.05, 0.1) is 0 Å². The lowest BCUT2D eigenvalue weighted by Crippen LogP contribution is -2.33. The van der Waals surface area contributed by atoms with Crippen LogP contribution in [-0.4, -0.2) is 11.8 Å². The summed E-state index contributed by atoms with van der Waals surface area (Å²) in [6, 6.07) is 8.52. The highest BCUT2D eigenvalue weighted by Gasteiger charge is 2.03. The second-order valence-corrected chi connectivity index (χ2v) is 2.56. The molecule has 0 bridgehead atoms. The van der Waals surface area contributed by atoms with Crippen molar-refractivity contribution in [2.24, 2.45) is 0 Å². The summed E-state index contributed by atoms with van der Waals surface area (Å²) in [6.07, 6.45) is 0.